The highest BCUT2D eigenvalue weighted by Crippen LogP contribution is 2.31. The monoisotopic (exact) mass is 485 g/mol. The average Bonchev–Trinajstić information content (AvgIpc) is 3.50. The Morgan fingerprint density at radius 1 is 0.853 bits per heavy atom. The van der Waals surface area contributed by atoms with Crippen molar-refractivity contribution in [3.05, 3.63) is 89.1 Å². The summed E-state index contributed by atoms with van der Waals surface area (Å²) < 4.78 is 2.29. The number of hydrogen-bond donors (Lipinski definition) is 2. The number of rotatable bonds is 7. The van der Waals surface area contributed by atoms with Gasteiger partial charge in [-0.05, 0) is 66.9 Å². The van der Waals surface area contributed by atoms with Crippen molar-refractivity contribution in [2.75, 3.05) is 16.4 Å². The van der Waals surface area contributed by atoms with E-state index in [9.17, 15) is 9.59 Å². The number of thiophene rings is 1. The highest BCUT2D eigenvalue weighted by Gasteiger charge is 2.11. The molecule has 0 aliphatic rings. The lowest BCUT2D eigenvalue weighted by Gasteiger charge is -2.08. The molecule has 7 heteroatoms. The number of carbonyl (C=O) groups is 2. The van der Waals surface area contributed by atoms with Crippen molar-refractivity contribution in [3.63, 3.8) is 0 Å². The van der Waals surface area contributed by atoms with Crippen LogP contribution in [0.1, 0.15) is 16.6 Å². The maximum atomic E-state index is 12.6. The summed E-state index contributed by atoms with van der Waals surface area (Å²) in [5.74, 6) is 0.128. The van der Waals surface area contributed by atoms with E-state index in [1.807, 2.05) is 47.8 Å². The molecule has 170 valence electrons. The highest BCUT2D eigenvalue weighted by atomic mass is 32.2. The first-order valence-electron chi connectivity index (χ1n) is 11.0. The number of para-hydroxylation sites is 1. The first-order chi connectivity index (χ1) is 16.6. The van der Waals surface area contributed by atoms with Crippen molar-refractivity contribution in [3.8, 4) is 0 Å². The minimum atomic E-state index is -0.117. The van der Waals surface area contributed by atoms with Crippen LogP contribution in [0.5, 0.6) is 0 Å². The van der Waals surface area contributed by atoms with Gasteiger partial charge in [-0.25, -0.2) is 0 Å². The second kappa shape index (κ2) is 9.75. The lowest BCUT2D eigenvalue weighted by Crippen LogP contribution is -2.14. The number of aromatic nitrogens is 1. The van der Waals surface area contributed by atoms with E-state index in [0.29, 0.717) is 10.6 Å². The van der Waals surface area contributed by atoms with Crippen LogP contribution in [0.25, 0.3) is 21.8 Å². The van der Waals surface area contributed by atoms with Crippen LogP contribution in [0.4, 0.5) is 11.4 Å². The van der Waals surface area contributed by atoms with Crippen LogP contribution in [0.15, 0.2) is 89.1 Å². The molecule has 0 unspecified atom stereocenters. The van der Waals surface area contributed by atoms with Gasteiger partial charge in [0.05, 0.1) is 10.6 Å². The first-order valence-corrected chi connectivity index (χ1v) is 12.9. The van der Waals surface area contributed by atoms with Gasteiger partial charge in [0.15, 0.2) is 0 Å². The molecule has 0 saturated carbocycles. The number of nitrogens with one attached hydrogen (secondary N) is 2. The molecule has 0 aliphatic carbocycles. The van der Waals surface area contributed by atoms with Crippen LogP contribution in [-0.2, 0) is 11.3 Å². The van der Waals surface area contributed by atoms with Gasteiger partial charge in [0.2, 0.25) is 5.91 Å². The summed E-state index contributed by atoms with van der Waals surface area (Å²) in [6.07, 6.45) is 0. The topological polar surface area (TPSA) is 63.1 Å². The zero-order chi connectivity index (χ0) is 23.5. The molecule has 3 aromatic carbocycles. The van der Waals surface area contributed by atoms with Crippen LogP contribution in [0.3, 0.4) is 0 Å². The maximum absolute atomic E-state index is 12.6. The largest absolute Gasteiger partial charge is 0.341 e. The molecule has 2 amide bonds. The third-order valence-corrected chi connectivity index (χ3v) is 7.48. The molecular formula is C27H23N3O2S2. The van der Waals surface area contributed by atoms with Crippen molar-refractivity contribution in [1.82, 2.24) is 4.57 Å². The zero-order valence-electron chi connectivity index (χ0n) is 18.6. The molecule has 0 atom stereocenters. The molecule has 2 heterocycles. The molecule has 5 aromatic rings. The zero-order valence-corrected chi connectivity index (χ0v) is 20.2. The number of carbonyl (C=O) groups excluding carboxylic acids is 2. The van der Waals surface area contributed by atoms with Crippen molar-refractivity contribution >= 4 is 68.1 Å². The van der Waals surface area contributed by atoms with Gasteiger partial charge in [-0.1, -0.05) is 24.3 Å². The lowest BCUT2D eigenvalue weighted by atomic mass is 10.1. The number of anilines is 2. The Labute approximate surface area is 205 Å². The van der Waals surface area contributed by atoms with Gasteiger partial charge >= 0.3 is 0 Å². The summed E-state index contributed by atoms with van der Waals surface area (Å²) >= 11 is 2.87. The number of hydrogen-bond acceptors (Lipinski definition) is 4. The molecule has 2 N–H and O–H groups in total. The van der Waals surface area contributed by atoms with E-state index in [-0.39, 0.29) is 11.8 Å². The van der Waals surface area contributed by atoms with Crippen molar-refractivity contribution in [1.29, 1.82) is 0 Å². The standard InChI is InChI=1S/C27H23N3O2S2/c1-2-30-23-7-4-3-6-21(23)22-16-19(11-14-24(22)30)28-26(31)17-34-20-12-9-18(10-13-20)29-27(32)25-8-5-15-33-25/h3-16H,2,17H2,1H3,(H,28,31)(H,29,32). The van der Waals surface area contributed by atoms with Crippen molar-refractivity contribution < 1.29 is 9.59 Å². The number of aryl methyl sites for hydroxylation is 1. The molecule has 0 aliphatic heterocycles. The van der Waals surface area contributed by atoms with E-state index < -0.39 is 0 Å². The Morgan fingerprint density at radius 3 is 2.38 bits per heavy atom. The lowest BCUT2D eigenvalue weighted by molar-refractivity contribution is -0.113. The molecule has 5 rings (SSSR count). The predicted molar refractivity (Wildman–Crippen MR) is 143 cm³/mol. The molecule has 0 spiro atoms. The van der Waals surface area contributed by atoms with Gasteiger partial charge in [0.25, 0.3) is 5.91 Å². The van der Waals surface area contributed by atoms with Gasteiger partial charge in [-0.2, -0.15) is 0 Å². The molecule has 34 heavy (non-hydrogen) atoms. The number of benzene rings is 3. The Balaban J connectivity index is 1.21. The Bertz CT molecular complexity index is 1470. The van der Waals surface area contributed by atoms with E-state index >= 15 is 0 Å². The fourth-order valence-electron chi connectivity index (χ4n) is 4.05. The second-order valence-electron chi connectivity index (χ2n) is 7.79. The Hall–Kier alpha value is -3.55. The van der Waals surface area contributed by atoms with Gasteiger partial charge in [0.1, 0.15) is 0 Å². The fraction of sp³-hybridized carbons (Fsp3) is 0.111. The minimum absolute atomic E-state index is 0.0568. The normalized spacial score (nSPS) is 11.1. The average molecular weight is 486 g/mol. The first kappa shape index (κ1) is 22.3. The van der Waals surface area contributed by atoms with Crippen LogP contribution in [0, 0.1) is 0 Å². The number of fused-ring (bicyclic) bond motifs is 3. The number of thioether (sulfide) groups is 1. The molecule has 2 aromatic heterocycles. The SMILES string of the molecule is CCn1c2ccccc2c2cc(NC(=O)CSc3ccc(NC(=O)c4cccs4)cc3)ccc21. The molecule has 0 fully saturated rings. The van der Waals surface area contributed by atoms with Gasteiger partial charge in [-0.15, -0.1) is 23.1 Å². The maximum Gasteiger partial charge on any atom is 0.265 e. The van der Waals surface area contributed by atoms with Crippen molar-refractivity contribution in [2.45, 2.75) is 18.4 Å². The molecule has 0 radical (unpaired) electrons. The Morgan fingerprint density at radius 2 is 1.62 bits per heavy atom. The van der Waals surface area contributed by atoms with E-state index in [1.165, 1.54) is 39.5 Å². The third kappa shape index (κ3) is 4.58. The van der Waals surface area contributed by atoms with E-state index in [0.717, 1.165) is 28.2 Å². The van der Waals surface area contributed by atoms with Crippen molar-refractivity contribution in [2.24, 2.45) is 0 Å². The van der Waals surface area contributed by atoms with E-state index in [2.05, 4.69) is 52.5 Å². The van der Waals surface area contributed by atoms with Crippen LogP contribution >= 0.6 is 23.1 Å². The molecular weight excluding hydrogens is 462 g/mol. The van der Waals surface area contributed by atoms with Crippen LogP contribution in [0.2, 0.25) is 0 Å². The second-order valence-corrected chi connectivity index (χ2v) is 9.78. The molecule has 0 bridgehead atoms. The van der Waals surface area contributed by atoms with E-state index in [1.54, 1.807) is 6.07 Å². The smallest absolute Gasteiger partial charge is 0.265 e. The number of amides is 2. The summed E-state index contributed by atoms with van der Waals surface area (Å²) in [7, 11) is 0. The minimum Gasteiger partial charge on any atom is -0.341 e. The fourth-order valence-corrected chi connectivity index (χ4v) is 5.37. The van der Waals surface area contributed by atoms with E-state index in [4.69, 9.17) is 0 Å². The number of nitrogens with zero attached hydrogens (tertiary/aromatic N) is 1. The summed E-state index contributed by atoms with van der Waals surface area (Å²) in [5, 5.41) is 10.1. The van der Waals surface area contributed by atoms with Crippen LogP contribution in [-0.4, -0.2) is 22.1 Å². The Kier molecular flexibility index (Phi) is 6.38. The van der Waals surface area contributed by atoms with Gasteiger partial charge in [0, 0.05) is 44.6 Å². The summed E-state index contributed by atoms with van der Waals surface area (Å²) in [5.41, 5.74) is 3.90. The summed E-state index contributed by atoms with van der Waals surface area (Å²) in [6.45, 7) is 3.03. The quantitative estimate of drug-likeness (QED) is 0.248. The molecule has 0 saturated heterocycles. The predicted octanol–water partition coefficient (Wildman–Crippen LogP) is 6.86. The van der Waals surface area contributed by atoms with Gasteiger partial charge in [-0.3, -0.25) is 9.59 Å². The highest BCUT2D eigenvalue weighted by molar-refractivity contribution is 8.00. The third-order valence-electron chi connectivity index (χ3n) is 5.60. The summed E-state index contributed by atoms with van der Waals surface area (Å²) in [6, 6.07) is 25.6. The summed E-state index contributed by atoms with van der Waals surface area (Å²) in [4.78, 5) is 26.4. The van der Waals surface area contributed by atoms with Gasteiger partial charge < -0.3 is 15.2 Å². The van der Waals surface area contributed by atoms with Crippen LogP contribution < -0.4 is 10.6 Å². The molecule has 5 nitrogen and oxygen atoms in total.